The lowest BCUT2D eigenvalue weighted by molar-refractivity contribution is 0.147. The molecule has 24 heavy (non-hydrogen) atoms. The first-order valence-corrected chi connectivity index (χ1v) is 9.00. The Morgan fingerprint density at radius 1 is 1.21 bits per heavy atom. The molecule has 1 aliphatic rings. The van der Waals surface area contributed by atoms with Gasteiger partial charge in [-0.3, -0.25) is 0 Å². The summed E-state index contributed by atoms with van der Waals surface area (Å²) in [6, 6.07) is 7.73. The van der Waals surface area contributed by atoms with E-state index in [9.17, 15) is 0 Å². The molecule has 0 saturated heterocycles. The standard InChI is InChI=1S/C19H22N2O2S/c1-22-9-10-23-18-13-17(19-6-4-2-3-5-11-24-19)21-16-8-7-14(20)12-15(16)18/h5-8,11-13H,2-4,9-10,20H2,1H3/b11-5+,19-6-. The third-order valence-electron chi connectivity index (χ3n) is 3.79. The number of hydrogen-bond acceptors (Lipinski definition) is 5. The predicted molar refractivity (Wildman–Crippen MR) is 102 cm³/mol. The summed E-state index contributed by atoms with van der Waals surface area (Å²) in [5, 5.41) is 3.08. The number of aromatic nitrogens is 1. The summed E-state index contributed by atoms with van der Waals surface area (Å²) >= 11 is 1.71. The van der Waals surface area contributed by atoms with Gasteiger partial charge in [0.25, 0.3) is 0 Å². The van der Waals surface area contributed by atoms with Crippen LogP contribution in [0.5, 0.6) is 5.75 Å². The monoisotopic (exact) mass is 342 g/mol. The zero-order valence-corrected chi connectivity index (χ0v) is 14.6. The Bertz CT molecular complexity index is 771. The minimum Gasteiger partial charge on any atom is -0.490 e. The smallest absolute Gasteiger partial charge is 0.131 e. The molecule has 0 fully saturated rings. The van der Waals surface area contributed by atoms with E-state index in [1.54, 1.807) is 18.9 Å². The number of hydrogen-bond donors (Lipinski definition) is 1. The third-order valence-corrected chi connectivity index (χ3v) is 4.75. The van der Waals surface area contributed by atoms with Crippen molar-refractivity contribution in [2.24, 2.45) is 0 Å². The van der Waals surface area contributed by atoms with Crippen LogP contribution in [-0.2, 0) is 4.74 Å². The number of thioether (sulfide) groups is 1. The van der Waals surface area contributed by atoms with Gasteiger partial charge in [-0.15, -0.1) is 0 Å². The van der Waals surface area contributed by atoms with Crippen LogP contribution in [0.2, 0.25) is 0 Å². The van der Waals surface area contributed by atoms with Crippen LogP contribution < -0.4 is 10.5 Å². The highest BCUT2D eigenvalue weighted by Crippen LogP contribution is 2.35. The number of nitrogens with zero attached hydrogens (tertiary/aromatic N) is 1. The number of pyridine rings is 1. The van der Waals surface area contributed by atoms with E-state index < -0.39 is 0 Å². The maximum atomic E-state index is 5.93. The first-order valence-electron chi connectivity index (χ1n) is 8.12. The van der Waals surface area contributed by atoms with Crippen LogP contribution in [0, 0.1) is 0 Å². The molecule has 4 nitrogen and oxygen atoms in total. The molecular formula is C19H22N2O2S. The Morgan fingerprint density at radius 3 is 3.00 bits per heavy atom. The first kappa shape index (κ1) is 16.9. The number of fused-ring (bicyclic) bond motifs is 1. The molecule has 1 aliphatic heterocycles. The van der Waals surface area contributed by atoms with Crippen molar-refractivity contribution in [2.45, 2.75) is 19.3 Å². The Labute approximate surface area is 146 Å². The van der Waals surface area contributed by atoms with Gasteiger partial charge < -0.3 is 15.2 Å². The number of ether oxygens (including phenoxy) is 2. The molecule has 5 heteroatoms. The summed E-state index contributed by atoms with van der Waals surface area (Å²) in [6.45, 7) is 1.04. The summed E-state index contributed by atoms with van der Waals surface area (Å²) in [4.78, 5) is 5.98. The van der Waals surface area contributed by atoms with E-state index in [2.05, 4.69) is 17.6 Å². The van der Waals surface area contributed by atoms with E-state index in [4.69, 9.17) is 20.2 Å². The fourth-order valence-electron chi connectivity index (χ4n) is 2.56. The van der Waals surface area contributed by atoms with E-state index in [1.807, 2.05) is 24.3 Å². The van der Waals surface area contributed by atoms with E-state index in [1.165, 1.54) is 11.3 Å². The summed E-state index contributed by atoms with van der Waals surface area (Å²) < 4.78 is 11.0. The van der Waals surface area contributed by atoms with Gasteiger partial charge in [-0.2, -0.15) is 0 Å². The molecule has 0 unspecified atom stereocenters. The van der Waals surface area contributed by atoms with Gasteiger partial charge in [-0.25, -0.2) is 4.98 Å². The maximum absolute atomic E-state index is 5.93. The van der Waals surface area contributed by atoms with Crippen molar-refractivity contribution >= 4 is 33.3 Å². The molecule has 0 atom stereocenters. The molecule has 1 aromatic heterocycles. The Kier molecular flexibility index (Phi) is 5.77. The highest BCUT2D eigenvalue weighted by Gasteiger charge is 2.11. The molecule has 126 valence electrons. The number of nitrogens with two attached hydrogens (primary N) is 1. The van der Waals surface area contributed by atoms with Crippen LogP contribution in [0.25, 0.3) is 15.8 Å². The second kappa shape index (κ2) is 8.22. The number of nitrogen functional groups attached to an aromatic ring is 1. The average molecular weight is 342 g/mol. The average Bonchev–Trinajstić information content (AvgIpc) is 2.55. The molecule has 0 radical (unpaired) electrons. The second-order valence-electron chi connectivity index (χ2n) is 5.61. The molecule has 0 saturated carbocycles. The topological polar surface area (TPSA) is 57.4 Å². The fraction of sp³-hybridized carbons (Fsp3) is 0.316. The molecule has 0 amide bonds. The summed E-state index contributed by atoms with van der Waals surface area (Å²) in [7, 11) is 1.67. The Hall–Kier alpha value is -1.98. The van der Waals surface area contributed by atoms with E-state index in [-0.39, 0.29) is 0 Å². The van der Waals surface area contributed by atoms with Gasteiger partial charge in [-0.05, 0) is 42.9 Å². The zero-order chi connectivity index (χ0) is 16.8. The lowest BCUT2D eigenvalue weighted by Gasteiger charge is -2.13. The van der Waals surface area contributed by atoms with Gasteiger partial charge in [0, 0.05) is 29.2 Å². The summed E-state index contributed by atoms with van der Waals surface area (Å²) in [5.74, 6) is 0.798. The maximum Gasteiger partial charge on any atom is 0.131 e. The minimum atomic E-state index is 0.496. The number of benzene rings is 1. The molecule has 1 aromatic carbocycles. The summed E-state index contributed by atoms with van der Waals surface area (Å²) in [5.41, 5.74) is 8.47. The van der Waals surface area contributed by atoms with Gasteiger partial charge in [-0.1, -0.05) is 23.9 Å². The molecule has 0 bridgehead atoms. The number of methoxy groups -OCH3 is 1. The van der Waals surface area contributed by atoms with Crippen molar-refractivity contribution < 1.29 is 9.47 Å². The van der Waals surface area contributed by atoms with E-state index in [0.717, 1.165) is 35.2 Å². The van der Waals surface area contributed by atoms with E-state index in [0.29, 0.717) is 18.9 Å². The van der Waals surface area contributed by atoms with Crippen molar-refractivity contribution in [3.63, 3.8) is 0 Å². The van der Waals surface area contributed by atoms with Crippen LogP contribution in [0.1, 0.15) is 25.0 Å². The number of rotatable bonds is 5. The lowest BCUT2D eigenvalue weighted by atomic mass is 10.1. The molecule has 3 rings (SSSR count). The van der Waals surface area contributed by atoms with Crippen LogP contribution in [-0.4, -0.2) is 25.3 Å². The zero-order valence-electron chi connectivity index (χ0n) is 13.8. The SMILES string of the molecule is COCCOc1cc(/C2=C/CCC/C=C/S2)nc2ccc(N)cc12. The molecule has 2 heterocycles. The van der Waals surface area contributed by atoms with Crippen LogP contribution >= 0.6 is 11.8 Å². The summed E-state index contributed by atoms with van der Waals surface area (Å²) in [6.07, 6.45) is 7.84. The highest BCUT2D eigenvalue weighted by atomic mass is 32.2. The van der Waals surface area contributed by atoms with E-state index >= 15 is 0 Å². The fourth-order valence-corrected chi connectivity index (χ4v) is 3.38. The van der Waals surface area contributed by atoms with Gasteiger partial charge in [0.15, 0.2) is 0 Å². The second-order valence-corrected chi connectivity index (χ2v) is 6.56. The molecule has 0 spiro atoms. The van der Waals surface area contributed by atoms with Gasteiger partial charge >= 0.3 is 0 Å². The largest absolute Gasteiger partial charge is 0.490 e. The van der Waals surface area contributed by atoms with Crippen molar-refractivity contribution in [1.29, 1.82) is 0 Å². The van der Waals surface area contributed by atoms with Gasteiger partial charge in [0.1, 0.15) is 12.4 Å². The Balaban J connectivity index is 2.01. The minimum absolute atomic E-state index is 0.496. The predicted octanol–water partition coefficient (Wildman–Crippen LogP) is 4.61. The van der Waals surface area contributed by atoms with Gasteiger partial charge in [0.05, 0.1) is 17.8 Å². The first-order chi connectivity index (χ1) is 11.8. The van der Waals surface area contributed by atoms with Crippen molar-refractivity contribution in [2.75, 3.05) is 26.1 Å². The lowest BCUT2D eigenvalue weighted by Crippen LogP contribution is -2.05. The van der Waals surface area contributed by atoms with Crippen molar-refractivity contribution in [3.05, 3.63) is 47.5 Å². The quantitative estimate of drug-likeness (QED) is 0.635. The normalized spacial score (nSPS) is 18.5. The molecular weight excluding hydrogens is 320 g/mol. The van der Waals surface area contributed by atoms with Crippen LogP contribution in [0.3, 0.4) is 0 Å². The van der Waals surface area contributed by atoms with Crippen molar-refractivity contribution in [3.8, 4) is 5.75 Å². The molecule has 2 N–H and O–H groups in total. The molecule has 2 aromatic rings. The highest BCUT2D eigenvalue weighted by molar-refractivity contribution is 8.10. The number of anilines is 1. The Morgan fingerprint density at radius 2 is 2.12 bits per heavy atom. The van der Waals surface area contributed by atoms with Gasteiger partial charge in [0.2, 0.25) is 0 Å². The van der Waals surface area contributed by atoms with Crippen LogP contribution in [0.4, 0.5) is 5.69 Å². The van der Waals surface area contributed by atoms with Crippen molar-refractivity contribution in [1.82, 2.24) is 4.98 Å². The number of allylic oxidation sites excluding steroid dienone is 2. The molecule has 0 aliphatic carbocycles. The third kappa shape index (κ3) is 4.10. The van der Waals surface area contributed by atoms with Crippen LogP contribution in [0.15, 0.2) is 41.8 Å².